The molecule has 4 heteroatoms. The number of phenolic OH excluding ortho intramolecular Hbond substituents is 1. The van der Waals surface area contributed by atoms with Crippen LogP contribution in [-0.2, 0) is 0 Å². The number of carbonyl (C=O) groups excluding carboxylic acids is 1. The molecule has 0 spiro atoms. The van der Waals surface area contributed by atoms with Gasteiger partial charge in [-0.2, -0.15) is 0 Å². The number of hydrogen-bond donors (Lipinski definition) is 3. The van der Waals surface area contributed by atoms with E-state index in [2.05, 4.69) is 5.32 Å². The van der Waals surface area contributed by atoms with Crippen molar-refractivity contribution < 1.29 is 15.0 Å². The fourth-order valence-electron chi connectivity index (χ4n) is 3.12. The van der Waals surface area contributed by atoms with E-state index in [-0.39, 0.29) is 17.6 Å². The van der Waals surface area contributed by atoms with Crippen LogP contribution in [0, 0.1) is 0 Å². The van der Waals surface area contributed by atoms with Crippen LogP contribution in [0.5, 0.6) is 5.75 Å². The van der Waals surface area contributed by atoms with Gasteiger partial charge in [0.25, 0.3) is 0 Å². The summed E-state index contributed by atoms with van der Waals surface area (Å²) in [6.07, 6.45) is -0.304. The van der Waals surface area contributed by atoms with Crippen molar-refractivity contribution in [2.75, 3.05) is 6.54 Å². The van der Waals surface area contributed by atoms with Crippen molar-refractivity contribution in [3.05, 3.63) is 77.9 Å². The summed E-state index contributed by atoms with van der Waals surface area (Å²) < 4.78 is 0. The van der Waals surface area contributed by atoms with Crippen molar-refractivity contribution in [1.82, 2.24) is 5.32 Å². The minimum Gasteiger partial charge on any atom is -0.507 e. The van der Waals surface area contributed by atoms with Gasteiger partial charge in [-0.3, -0.25) is 4.79 Å². The second kappa shape index (κ2) is 8.13. The molecule has 0 aliphatic carbocycles. The Balaban J connectivity index is 1.62. The van der Waals surface area contributed by atoms with Crippen LogP contribution in [0.25, 0.3) is 10.8 Å². The highest BCUT2D eigenvalue weighted by atomic mass is 16.3. The second-order valence-electron chi connectivity index (χ2n) is 6.45. The summed E-state index contributed by atoms with van der Waals surface area (Å²) in [5.41, 5.74) is 1.46. The molecule has 0 saturated carbocycles. The number of aliphatic hydroxyl groups excluding tert-OH is 1. The van der Waals surface area contributed by atoms with Crippen LogP contribution in [0.4, 0.5) is 0 Å². The van der Waals surface area contributed by atoms with Gasteiger partial charge in [0.2, 0.25) is 0 Å². The number of hydrogen-bond acceptors (Lipinski definition) is 4. The molecule has 2 atom stereocenters. The van der Waals surface area contributed by atoms with Crippen molar-refractivity contribution in [3.63, 3.8) is 0 Å². The Labute approximate surface area is 153 Å². The Kier molecular flexibility index (Phi) is 5.66. The molecule has 3 N–H and O–H groups in total. The van der Waals surface area contributed by atoms with Gasteiger partial charge in [-0.05, 0) is 30.0 Å². The van der Waals surface area contributed by atoms with Crippen molar-refractivity contribution in [2.24, 2.45) is 0 Å². The number of nitrogens with one attached hydrogen (secondary N) is 1. The third kappa shape index (κ3) is 3.93. The number of Topliss-reactive ketones (excluding diaryl/α,β-unsaturated/α-hetero) is 1. The van der Waals surface area contributed by atoms with E-state index in [1.54, 1.807) is 18.2 Å². The zero-order valence-electron chi connectivity index (χ0n) is 14.7. The van der Waals surface area contributed by atoms with Gasteiger partial charge < -0.3 is 15.5 Å². The molecule has 0 radical (unpaired) electrons. The van der Waals surface area contributed by atoms with Gasteiger partial charge in [-0.25, -0.2) is 0 Å². The lowest BCUT2D eigenvalue weighted by Gasteiger charge is -2.20. The predicted octanol–water partition coefficient (Wildman–Crippen LogP) is 3.83. The van der Waals surface area contributed by atoms with Gasteiger partial charge in [0.1, 0.15) is 5.75 Å². The standard InChI is InChI=1S/C22H23NO3/c1-15(22(26)16-7-3-2-4-8-16)23-14-13-21(25)19-11-12-20(24)18-10-6-5-9-17(18)19/h2-12,15,22-24,26H,13-14H2,1H3. The SMILES string of the molecule is CC(NCCC(=O)c1ccc(O)c2ccccc12)C(O)c1ccccc1. The molecular weight excluding hydrogens is 326 g/mol. The van der Waals surface area contributed by atoms with E-state index in [1.165, 1.54) is 0 Å². The molecule has 0 aliphatic heterocycles. The minimum atomic E-state index is -0.624. The van der Waals surface area contributed by atoms with Gasteiger partial charge in [-0.1, -0.05) is 54.6 Å². The second-order valence-corrected chi connectivity index (χ2v) is 6.45. The Hall–Kier alpha value is -2.69. The molecule has 134 valence electrons. The fraction of sp³-hybridized carbons (Fsp3) is 0.227. The normalized spacial score (nSPS) is 13.5. The number of aromatic hydroxyl groups is 1. The average molecular weight is 349 g/mol. The topological polar surface area (TPSA) is 69.6 Å². The number of rotatable bonds is 7. The van der Waals surface area contributed by atoms with Crippen LogP contribution in [-0.4, -0.2) is 28.6 Å². The molecule has 0 saturated heterocycles. The van der Waals surface area contributed by atoms with Crippen molar-refractivity contribution in [3.8, 4) is 5.75 Å². The summed E-state index contributed by atoms with van der Waals surface area (Å²) in [4.78, 5) is 12.6. The molecule has 0 aliphatic rings. The smallest absolute Gasteiger partial charge is 0.164 e. The molecule has 0 aromatic heterocycles. The fourth-order valence-corrected chi connectivity index (χ4v) is 3.12. The summed E-state index contributed by atoms with van der Waals surface area (Å²) in [5, 5.41) is 25.0. The summed E-state index contributed by atoms with van der Waals surface area (Å²) in [5.74, 6) is 0.185. The van der Waals surface area contributed by atoms with E-state index < -0.39 is 6.10 Å². The molecule has 0 fully saturated rings. The highest BCUT2D eigenvalue weighted by Crippen LogP contribution is 2.28. The Morgan fingerprint density at radius 2 is 1.62 bits per heavy atom. The number of benzene rings is 3. The Morgan fingerprint density at radius 1 is 0.962 bits per heavy atom. The first kappa shape index (κ1) is 18.1. The summed E-state index contributed by atoms with van der Waals surface area (Å²) in [6, 6.07) is 19.9. The van der Waals surface area contributed by atoms with E-state index in [0.717, 1.165) is 10.9 Å². The third-order valence-electron chi connectivity index (χ3n) is 4.63. The first-order chi connectivity index (χ1) is 12.6. The molecule has 3 rings (SSSR count). The zero-order chi connectivity index (χ0) is 18.5. The summed E-state index contributed by atoms with van der Waals surface area (Å²) in [7, 11) is 0. The van der Waals surface area contributed by atoms with E-state index in [9.17, 15) is 15.0 Å². The average Bonchev–Trinajstić information content (AvgIpc) is 2.68. The lowest BCUT2D eigenvalue weighted by atomic mass is 9.99. The molecule has 26 heavy (non-hydrogen) atoms. The molecular formula is C22H23NO3. The molecule has 3 aromatic carbocycles. The van der Waals surface area contributed by atoms with Gasteiger partial charge in [0, 0.05) is 30.0 Å². The highest BCUT2D eigenvalue weighted by Gasteiger charge is 2.17. The van der Waals surface area contributed by atoms with Gasteiger partial charge in [0.15, 0.2) is 5.78 Å². The first-order valence-corrected chi connectivity index (χ1v) is 8.78. The maximum absolute atomic E-state index is 12.6. The minimum absolute atomic E-state index is 0.00935. The number of carbonyl (C=O) groups is 1. The summed E-state index contributed by atoms with van der Waals surface area (Å²) >= 11 is 0. The monoisotopic (exact) mass is 349 g/mol. The highest BCUT2D eigenvalue weighted by molar-refractivity contribution is 6.09. The first-order valence-electron chi connectivity index (χ1n) is 8.78. The zero-order valence-corrected chi connectivity index (χ0v) is 14.7. The number of aliphatic hydroxyl groups is 1. The molecule has 4 nitrogen and oxygen atoms in total. The van der Waals surface area contributed by atoms with Crippen LogP contribution >= 0.6 is 0 Å². The lowest BCUT2D eigenvalue weighted by Crippen LogP contribution is -2.33. The van der Waals surface area contributed by atoms with Gasteiger partial charge in [0.05, 0.1) is 6.10 Å². The van der Waals surface area contributed by atoms with Crippen LogP contribution in [0.2, 0.25) is 0 Å². The number of ketones is 1. The van der Waals surface area contributed by atoms with Crippen molar-refractivity contribution in [1.29, 1.82) is 0 Å². The van der Waals surface area contributed by atoms with Gasteiger partial charge >= 0.3 is 0 Å². The molecule has 0 bridgehead atoms. The third-order valence-corrected chi connectivity index (χ3v) is 4.63. The lowest BCUT2D eigenvalue weighted by molar-refractivity contribution is 0.0973. The number of fused-ring (bicyclic) bond motifs is 1. The Bertz CT molecular complexity index is 892. The largest absolute Gasteiger partial charge is 0.507 e. The van der Waals surface area contributed by atoms with Gasteiger partial charge in [-0.15, -0.1) is 0 Å². The van der Waals surface area contributed by atoms with Crippen molar-refractivity contribution >= 4 is 16.6 Å². The molecule has 2 unspecified atom stereocenters. The van der Waals surface area contributed by atoms with E-state index in [0.29, 0.717) is 23.9 Å². The quantitative estimate of drug-likeness (QED) is 0.567. The molecule has 0 amide bonds. The maximum Gasteiger partial charge on any atom is 0.164 e. The van der Waals surface area contributed by atoms with E-state index in [1.807, 2.05) is 55.5 Å². The predicted molar refractivity (Wildman–Crippen MR) is 103 cm³/mol. The van der Waals surface area contributed by atoms with Crippen LogP contribution in [0.15, 0.2) is 66.7 Å². The van der Waals surface area contributed by atoms with Crippen LogP contribution in [0.1, 0.15) is 35.4 Å². The Morgan fingerprint density at radius 3 is 2.35 bits per heavy atom. The van der Waals surface area contributed by atoms with Crippen LogP contribution < -0.4 is 5.32 Å². The van der Waals surface area contributed by atoms with E-state index in [4.69, 9.17) is 0 Å². The van der Waals surface area contributed by atoms with E-state index >= 15 is 0 Å². The molecule has 0 heterocycles. The maximum atomic E-state index is 12.6. The molecule has 3 aromatic rings. The summed E-state index contributed by atoms with van der Waals surface area (Å²) in [6.45, 7) is 2.37. The number of phenols is 1. The van der Waals surface area contributed by atoms with Crippen molar-refractivity contribution in [2.45, 2.75) is 25.5 Å². The van der Waals surface area contributed by atoms with Crippen LogP contribution in [0.3, 0.4) is 0 Å².